The van der Waals surface area contributed by atoms with Crippen LogP contribution < -0.4 is 5.32 Å². The van der Waals surface area contributed by atoms with Gasteiger partial charge >= 0.3 is 0 Å². The van der Waals surface area contributed by atoms with Gasteiger partial charge in [-0.25, -0.2) is 9.38 Å². The Morgan fingerprint density at radius 3 is 2.74 bits per heavy atom. The smallest absolute Gasteiger partial charge is 0.278 e. The van der Waals surface area contributed by atoms with Crippen LogP contribution in [-0.2, 0) is 9.59 Å². The van der Waals surface area contributed by atoms with Crippen LogP contribution in [-0.4, -0.2) is 40.7 Å². The van der Waals surface area contributed by atoms with E-state index in [0.717, 1.165) is 19.3 Å². The van der Waals surface area contributed by atoms with Gasteiger partial charge in [-0.15, -0.1) is 0 Å². The molecule has 0 spiro atoms. The van der Waals surface area contributed by atoms with Crippen LogP contribution in [0, 0.1) is 5.82 Å². The van der Waals surface area contributed by atoms with Gasteiger partial charge in [0.05, 0.1) is 5.75 Å². The number of likely N-dealkylation sites (N-methyl/N-ethyl adjacent to an activating group) is 1. The van der Waals surface area contributed by atoms with Crippen molar-refractivity contribution in [3.63, 3.8) is 0 Å². The number of hydrogen-bond donors (Lipinski definition) is 1. The monoisotopic (exact) mass is 391 g/mol. The number of halogens is 1. The zero-order valence-corrected chi connectivity index (χ0v) is 16.7. The van der Waals surface area contributed by atoms with E-state index in [4.69, 9.17) is 0 Å². The normalized spacial score (nSPS) is 15.4. The van der Waals surface area contributed by atoms with Crippen LogP contribution >= 0.6 is 11.8 Å². The van der Waals surface area contributed by atoms with E-state index in [0.29, 0.717) is 23.8 Å². The number of amides is 2. The van der Waals surface area contributed by atoms with Gasteiger partial charge in [0.1, 0.15) is 11.5 Å². The number of carbonyl (C=O) groups is 2. The second kappa shape index (κ2) is 10.9. The molecule has 0 aliphatic carbocycles. The van der Waals surface area contributed by atoms with Crippen molar-refractivity contribution in [2.75, 3.05) is 18.8 Å². The molecule has 0 fully saturated rings. The molecule has 1 aromatic rings. The predicted molar refractivity (Wildman–Crippen MR) is 109 cm³/mol. The minimum atomic E-state index is -0.403. The van der Waals surface area contributed by atoms with Crippen LogP contribution in [0.25, 0.3) is 6.08 Å². The summed E-state index contributed by atoms with van der Waals surface area (Å²) in [4.78, 5) is 30.3. The van der Waals surface area contributed by atoms with Gasteiger partial charge in [0.2, 0.25) is 5.91 Å². The highest BCUT2D eigenvalue weighted by Gasteiger charge is 2.29. The van der Waals surface area contributed by atoms with Gasteiger partial charge in [-0.1, -0.05) is 56.1 Å². The summed E-state index contributed by atoms with van der Waals surface area (Å²) in [6.07, 6.45) is 5.86. The fourth-order valence-electron chi connectivity index (χ4n) is 2.62. The Balaban J connectivity index is 1.95. The molecule has 0 saturated heterocycles. The molecule has 1 aliphatic heterocycles. The molecule has 5 nitrogen and oxygen atoms in total. The topological polar surface area (TPSA) is 61.8 Å². The molecule has 0 saturated carbocycles. The number of unbranched alkanes of at least 4 members (excludes halogenated alkanes) is 3. The molecular weight excluding hydrogens is 365 g/mol. The average Bonchev–Trinajstić information content (AvgIpc) is 2.96. The Kier molecular flexibility index (Phi) is 8.51. The van der Waals surface area contributed by atoms with Gasteiger partial charge in [0.15, 0.2) is 5.17 Å². The largest absolute Gasteiger partial charge is 0.355 e. The van der Waals surface area contributed by atoms with E-state index in [2.05, 4.69) is 17.2 Å². The molecule has 0 radical (unpaired) electrons. The third kappa shape index (κ3) is 6.20. The highest BCUT2D eigenvalue weighted by Crippen LogP contribution is 2.24. The lowest BCUT2D eigenvalue weighted by molar-refractivity contribution is -0.122. The molecule has 1 N–H and O–H groups in total. The number of benzene rings is 1. The first-order valence-corrected chi connectivity index (χ1v) is 10.3. The molecule has 146 valence electrons. The third-order valence-corrected chi connectivity index (χ3v) is 5.09. The van der Waals surface area contributed by atoms with Gasteiger partial charge in [-0.2, -0.15) is 0 Å². The number of nitrogens with zero attached hydrogens (tertiary/aromatic N) is 2. The molecule has 0 bridgehead atoms. The summed E-state index contributed by atoms with van der Waals surface area (Å²) >= 11 is 1.22. The number of thioether (sulfide) groups is 1. The van der Waals surface area contributed by atoms with E-state index in [1.807, 2.05) is 6.92 Å². The number of amidine groups is 1. The van der Waals surface area contributed by atoms with E-state index < -0.39 is 5.82 Å². The summed E-state index contributed by atoms with van der Waals surface area (Å²) in [6.45, 7) is 5.10. The van der Waals surface area contributed by atoms with E-state index in [9.17, 15) is 14.0 Å². The first-order valence-electron chi connectivity index (χ1n) is 9.33. The van der Waals surface area contributed by atoms with E-state index in [1.54, 1.807) is 18.2 Å². The van der Waals surface area contributed by atoms with Crippen LogP contribution in [0.3, 0.4) is 0 Å². The predicted octanol–water partition coefficient (Wildman–Crippen LogP) is 3.81. The van der Waals surface area contributed by atoms with Crippen molar-refractivity contribution in [1.82, 2.24) is 10.2 Å². The highest BCUT2D eigenvalue weighted by atomic mass is 32.2. The van der Waals surface area contributed by atoms with Gasteiger partial charge in [0.25, 0.3) is 5.91 Å². The van der Waals surface area contributed by atoms with Crippen molar-refractivity contribution in [3.8, 4) is 0 Å². The maximum Gasteiger partial charge on any atom is 0.278 e. The van der Waals surface area contributed by atoms with E-state index in [-0.39, 0.29) is 23.3 Å². The Morgan fingerprint density at radius 1 is 1.26 bits per heavy atom. The van der Waals surface area contributed by atoms with Crippen molar-refractivity contribution in [2.24, 2.45) is 4.99 Å². The number of carbonyl (C=O) groups excluding carboxylic acids is 2. The summed E-state index contributed by atoms with van der Waals surface area (Å²) in [5, 5.41) is 3.36. The molecule has 0 unspecified atom stereocenters. The third-order valence-electron chi connectivity index (χ3n) is 4.11. The van der Waals surface area contributed by atoms with Crippen LogP contribution in [0.5, 0.6) is 0 Å². The molecule has 0 atom stereocenters. The highest BCUT2D eigenvalue weighted by molar-refractivity contribution is 8.14. The molecular formula is C20H26FN3O2S. The SMILES string of the molecule is CCCCCCNC(=O)CSC1=N/C(=C/c2ccccc2F)C(=O)N1CC. The Morgan fingerprint density at radius 2 is 2.04 bits per heavy atom. The molecule has 1 aliphatic rings. The second-order valence-electron chi connectivity index (χ2n) is 6.19. The van der Waals surface area contributed by atoms with Gasteiger partial charge in [-0.05, 0) is 25.5 Å². The first-order chi connectivity index (χ1) is 13.1. The minimum absolute atomic E-state index is 0.0748. The van der Waals surface area contributed by atoms with Crippen LogP contribution in [0.4, 0.5) is 4.39 Å². The fraction of sp³-hybridized carbons (Fsp3) is 0.450. The number of hydrogen-bond acceptors (Lipinski definition) is 4. The number of aliphatic imine (C=N–C) groups is 1. The molecule has 27 heavy (non-hydrogen) atoms. The van der Waals surface area contributed by atoms with Crippen molar-refractivity contribution in [1.29, 1.82) is 0 Å². The second-order valence-corrected chi connectivity index (χ2v) is 7.14. The van der Waals surface area contributed by atoms with Crippen molar-refractivity contribution < 1.29 is 14.0 Å². The Hall–Kier alpha value is -2.15. The van der Waals surface area contributed by atoms with Crippen molar-refractivity contribution in [2.45, 2.75) is 39.5 Å². The van der Waals surface area contributed by atoms with Gasteiger partial charge in [0, 0.05) is 18.7 Å². The summed E-state index contributed by atoms with van der Waals surface area (Å²) in [5.74, 6) is -0.555. The van der Waals surface area contributed by atoms with E-state index in [1.165, 1.54) is 35.2 Å². The maximum atomic E-state index is 13.8. The molecule has 0 aromatic heterocycles. The quantitative estimate of drug-likeness (QED) is 0.514. The summed E-state index contributed by atoms with van der Waals surface area (Å²) in [6, 6.07) is 6.24. The summed E-state index contributed by atoms with van der Waals surface area (Å²) in [5.41, 5.74) is 0.501. The first kappa shape index (κ1) is 21.2. The molecule has 2 rings (SSSR count). The molecule has 1 aromatic carbocycles. The lowest BCUT2D eigenvalue weighted by Gasteiger charge is -2.14. The van der Waals surface area contributed by atoms with Gasteiger partial charge < -0.3 is 5.32 Å². The summed E-state index contributed by atoms with van der Waals surface area (Å²) in [7, 11) is 0. The average molecular weight is 392 g/mol. The number of nitrogens with one attached hydrogen (secondary N) is 1. The van der Waals surface area contributed by atoms with Crippen molar-refractivity contribution in [3.05, 3.63) is 41.3 Å². The van der Waals surface area contributed by atoms with Gasteiger partial charge in [-0.3, -0.25) is 14.5 Å². The number of rotatable bonds is 9. The summed E-state index contributed by atoms with van der Waals surface area (Å²) < 4.78 is 13.8. The molecule has 2 amide bonds. The molecule has 1 heterocycles. The maximum absolute atomic E-state index is 13.8. The Labute approximate surface area is 164 Å². The fourth-order valence-corrected chi connectivity index (χ4v) is 3.51. The standard InChI is InChI=1S/C20H26FN3O2S/c1-3-5-6-9-12-22-18(25)14-27-20-23-17(19(26)24(20)4-2)13-15-10-7-8-11-16(15)21/h7-8,10-11,13H,3-6,9,12,14H2,1-2H3,(H,22,25)/b17-13+. The zero-order chi connectivity index (χ0) is 19.6. The zero-order valence-electron chi connectivity index (χ0n) is 15.8. The lowest BCUT2D eigenvalue weighted by atomic mass is 10.2. The van der Waals surface area contributed by atoms with E-state index >= 15 is 0 Å². The van der Waals surface area contributed by atoms with Crippen LogP contribution in [0.1, 0.15) is 45.1 Å². The lowest BCUT2D eigenvalue weighted by Crippen LogP contribution is -2.32. The minimum Gasteiger partial charge on any atom is -0.355 e. The Bertz CT molecular complexity index is 734. The molecule has 7 heteroatoms. The van der Waals surface area contributed by atoms with Crippen LogP contribution in [0.15, 0.2) is 35.0 Å². The van der Waals surface area contributed by atoms with Crippen LogP contribution in [0.2, 0.25) is 0 Å². The van der Waals surface area contributed by atoms with Crippen molar-refractivity contribution >= 4 is 34.8 Å².